The van der Waals surface area contributed by atoms with Crippen LogP contribution < -0.4 is 0 Å². The van der Waals surface area contributed by atoms with Gasteiger partial charge < -0.3 is 20.4 Å². The van der Waals surface area contributed by atoms with E-state index in [9.17, 15) is 20.4 Å². The smallest absolute Gasteiger partial charge is 0.127 e. The molecule has 4 heterocycles. The van der Waals surface area contributed by atoms with Crippen molar-refractivity contribution in [3.63, 3.8) is 0 Å². The Morgan fingerprint density at radius 3 is 0.643 bits per heavy atom. The quantitative estimate of drug-likeness (QED) is 0.133. The second kappa shape index (κ2) is 16.0. The lowest BCUT2D eigenvalue weighted by molar-refractivity contribution is 0.472. The lowest BCUT2D eigenvalue weighted by atomic mass is 10.0. The van der Waals surface area contributed by atoms with Crippen LogP contribution in [0.3, 0.4) is 0 Å². The molecule has 0 aliphatic heterocycles. The Morgan fingerprint density at radius 2 is 0.429 bits per heavy atom. The van der Waals surface area contributed by atoms with Gasteiger partial charge in [0.25, 0.3) is 0 Å². The molecule has 0 radical (unpaired) electrons. The van der Waals surface area contributed by atoms with E-state index in [1.807, 2.05) is 173 Å². The van der Waals surface area contributed by atoms with Gasteiger partial charge in [-0.2, -0.15) is 0 Å². The van der Waals surface area contributed by atoms with Crippen molar-refractivity contribution >= 4 is 0 Å². The SMILES string of the molecule is Cc1cccc(-c2cccc(-c3cccc(-c4cccc(C)c4O)n3)n2)c1O.Cc1cccc(-c2cccc(-c3cccc(-c4cccc(C)c4O)n3)n2)c1O. The van der Waals surface area contributed by atoms with Crippen LogP contribution in [0.2, 0.25) is 0 Å². The van der Waals surface area contributed by atoms with E-state index >= 15 is 0 Å². The maximum atomic E-state index is 10.4. The fourth-order valence-corrected chi connectivity index (χ4v) is 6.37. The lowest BCUT2D eigenvalue weighted by Crippen LogP contribution is -1.93. The standard InChI is InChI=1S/2C24H20N2O2/c2*1-15-7-3-9-17(23(15)27)19-11-5-13-21(25-19)22-14-6-12-20(26-22)18-10-4-8-16(2)24(18)28/h2*3-14,27-28H,1-2H3. The predicted octanol–water partition coefficient (Wildman–Crippen LogP) is 11.0. The molecular weight excluding hydrogens is 697 g/mol. The highest BCUT2D eigenvalue weighted by Gasteiger charge is 2.14. The molecule has 4 aromatic heterocycles. The largest absolute Gasteiger partial charge is 0.507 e. The van der Waals surface area contributed by atoms with Crippen molar-refractivity contribution in [2.45, 2.75) is 27.7 Å². The number of phenolic OH excluding ortho intramolecular Hbond substituents is 4. The highest BCUT2D eigenvalue weighted by Crippen LogP contribution is 2.36. The summed E-state index contributed by atoms with van der Waals surface area (Å²) in [6.07, 6.45) is 0. The Labute approximate surface area is 325 Å². The fourth-order valence-electron chi connectivity index (χ4n) is 6.37. The summed E-state index contributed by atoms with van der Waals surface area (Å²) < 4.78 is 0. The van der Waals surface area contributed by atoms with Gasteiger partial charge in [-0.05, 0) is 123 Å². The van der Waals surface area contributed by atoms with Gasteiger partial charge in [-0.15, -0.1) is 0 Å². The van der Waals surface area contributed by atoms with Crippen LogP contribution in [0.4, 0.5) is 0 Å². The minimum Gasteiger partial charge on any atom is -0.507 e. The highest BCUT2D eigenvalue weighted by molar-refractivity contribution is 5.75. The normalized spacial score (nSPS) is 10.8. The molecule has 8 aromatic rings. The summed E-state index contributed by atoms with van der Waals surface area (Å²) in [6, 6.07) is 45.1. The van der Waals surface area contributed by atoms with Crippen LogP contribution in [0, 0.1) is 27.7 Å². The third-order valence-electron chi connectivity index (χ3n) is 9.58. The Balaban J connectivity index is 0.000000172. The number of hydrogen-bond acceptors (Lipinski definition) is 8. The van der Waals surface area contributed by atoms with E-state index in [1.54, 1.807) is 0 Å². The molecule has 0 saturated carbocycles. The molecule has 0 amide bonds. The molecule has 0 atom stereocenters. The Morgan fingerprint density at radius 1 is 0.250 bits per heavy atom. The first-order chi connectivity index (χ1) is 27.1. The first-order valence-electron chi connectivity index (χ1n) is 18.1. The zero-order valence-electron chi connectivity index (χ0n) is 31.4. The predicted molar refractivity (Wildman–Crippen MR) is 222 cm³/mol. The van der Waals surface area contributed by atoms with Crippen LogP contribution in [-0.2, 0) is 0 Å². The summed E-state index contributed by atoms with van der Waals surface area (Å²) in [5, 5.41) is 41.5. The van der Waals surface area contributed by atoms with Crippen LogP contribution in [-0.4, -0.2) is 40.4 Å². The van der Waals surface area contributed by atoms with Crippen molar-refractivity contribution in [2.75, 3.05) is 0 Å². The highest BCUT2D eigenvalue weighted by atomic mass is 16.3. The summed E-state index contributed by atoms with van der Waals surface area (Å²) in [4.78, 5) is 18.8. The van der Waals surface area contributed by atoms with E-state index in [-0.39, 0.29) is 23.0 Å². The van der Waals surface area contributed by atoms with Gasteiger partial charge in [-0.1, -0.05) is 72.8 Å². The first kappa shape index (κ1) is 37.0. The number of benzene rings is 4. The third kappa shape index (κ3) is 7.67. The molecule has 56 heavy (non-hydrogen) atoms. The molecule has 0 spiro atoms. The summed E-state index contributed by atoms with van der Waals surface area (Å²) >= 11 is 0. The van der Waals surface area contributed by atoms with Gasteiger partial charge in [-0.3, -0.25) is 0 Å². The van der Waals surface area contributed by atoms with Crippen molar-refractivity contribution in [1.29, 1.82) is 0 Å². The zero-order valence-corrected chi connectivity index (χ0v) is 31.4. The van der Waals surface area contributed by atoms with Gasteiger partial charge in [0.2, 0.25) is 0 Å². The number of phenols is 4. The number of aryl methyl sites for hydroxylation is 4. The molecule has 0 bridgehead atoms. The molecule has 0 fully saturated rings. The molecule has 0 saturated heterocycles. The molecule has 8 heteroatoms. The van der Waals surface area contributed by atoms with E-state index in [0.717, 1.165) is 22.3 Å². The monoisotopic (exact) mass is 736 g/mol. The zero-order chi connectivity index (χ0) is 39.3. The van der Waals surface area contributed by atoms with Gasteiger partial charge in [-0.25, -0.2) is 19.9 Å². The average molecular weight is 737 g/mol. The van der Waals surface area contributed by atoms with Gasteiger partial charge in [0.1, 0.15) is 23.0 Å². The summed E-state index contributed by atoms with van der Waals surface area (Å²) in [5.41, 5.74) is 11.5. The third-order valence-corrected chi connectivity index (χ3v) is 9.58. The van der Waals surface area contributed by atoms with Crippen LogP contribution in [0.1, 0.15) is 22.3 Å². The molecule has 0 aliphatic carbocycles. The number of aromatic nitrogens is 4. The average Bonchev–Trinajstić information content (AvgIpc) is 3.22. The first-order valence-corrected chi connectivity index (χ1v) is 18.1. The number of rotatable bonds is 6. The van der Waals surface area contributed by atoms with Gasteiger partial charge in [0.05, 0.1) is 45.6 Å². The van der Waals surface area contributed by atoms with E-state index in [4.69, 9.17) is 19.9 Å². The van der Waals surface area contributed by atoms with E-state index in [2.05, 4.69) is 0 Å². The molecule has 4 aromatic carbocycles. The van der Waals surface area contributed by atoms with Crippen molar-refractivity contribution in [2.24, 2.45) is 0 Å². The van der Waals surface area contributed by atoms with E-state index in [1.165, 1.54) is 0 Å². The van der Waals surface area contributed by atoms with Crippen LogP contribution in [0.25, 0.3) is 67.8 Å². The summed E-state index contributed by atoms with van der Waals surface area (Å²) in [7, 11) is 0. The number of pyridine rings is 4. The van der Waals surface area contributed by atoms with Crippen LogP contribution in [0.5, 0.6) is 23.0 Å². The molecular formula is C48H40N4O4. The molecule has 8 nitrogen and oxygen atoms in total. The van der Waals surface area contributed by atoms with Gasteiger partial charge >= 0.3 is 0 Å². The maximum Gasteiger partial charge on any atom is 0.127 e. The molecule has 4 N–H and O–H groups in total. The second-order valence-corrected chi connectivity index (χ2v) is 13.5. The number of hydrogen-bond donors (Lipinski definition) is 4. The van der Waals surface area contributed by atoms with Gasteiger partial charge in [0, 0.05) is 22.3 Å². The number of aromatic hydroxyl groups is 4. The molecule has 0 unspecified atom stereocenters. The van der Waals surface area contributed by atoms with E-state index in [0.29, 0.717) is 67.8 Å². The van der Waals surface area contributed by atoms with Gasteiger partial charge in [0.15, 0.2) is 0 Å². The van der Waals surface area contributed by atoms with Crippen LogP contribution >= 0.6 is 0 Å². The molecule has 276 valence electrons. The van der Waals surface area contributed by atoms with Crippen molar-refractivity contribution in [3.8, 4) is 90.8 Å². The minimum absolute atomic E-state index is 0.235. The lowest BCUT2D eigenvalue weighted by Gasteiger charge is -2.10. The number of nitrogens with zero attached hydrogens (tertiary/aromatic N) is 4. The van der Waals surface area contributed by atoms with Crippen LogP contribution in [0.15, 0.2) is 146 Å². The van der Waals surface area contributed by atoms with E-state index < -0.39 is 0 Å². The Kier molecular flexibility index (Phi) is 10.5. The molecule has 8 rings (SSSR count). The Bertz CT molecular complexity index is 2340. The summed E-state index contributed by atoms with van der Waals surface area (Å²) in [6.45, 7) is 7.45. The second-order valence-electron chi connectivity index (χ2n) is 13.5. The number of para-hydroxylation sites is 4. The van der Waals surface area contributed by atoms with Crippen molar-refractivity contribution < 1.29 is 20.4 Å². The topological polar surface area (TPSA) is 132 Å². The van der Waals surface area contributed by atoms with Crippen molar-refractivity contribution in [3.05, 3.63) is 168 Å². The maximum absolute atomic E-state index is 10.4. The van der Waals surface area contributed by atoms with Crippen molar-refractivity contribution in [1.82, 2.24) is 19.9 Å². The molecule has 0 aliphatic rings. The minimum atomic E-state index is 0.235. The summed E-state index contributed by atoms with van der Waals surface area (Å²) in [5.74, 6) is 0.939. The fraction of sp³-hybridized carbons (Fsp3) is 0.0833. The Hall–Kier alpha value is -7.32.